The van der Waals surface area contributed by atoms with E-state index in [1.807, 2.05) is 0 Å². The first-order chi connectivity index (χ1) is 5.40. The van der Waals surface area contributed by atoms with E-state index in [1.54, 1.807) is 7.11 Å². The molecule has 0 aliphatic heterocycles. The van der Waals surface area contributed by atoms with E-state index in [2.05, 4.69) is 21.3 Å². The van der Waals surface area contributed by atoms with Gasteiger partial charge < -0.3 is 4.74 Å². The average Bonchev–Trinajstić information content (AvgIpc) is 2.87. The van der Waals surface area contributed by atoms with E-state index in [1.165, 1.54) is 12.8 Å². The Kier molecular flexibility index (Phi) is 1.45. The Bertz CT molecular complexity index is 260. The molecule has 0 atom stereocenters. The molecule has 0 amide bonds. The maximum absolute atomic E-state index is 4.84. The van der Waals surface area contributed by atoms with Crippen LogP contribution in [0.15, 0.2) is 0 Å². The first-order valence-corrected chi connectivity index (χ1v) is 3.56. The number of hydrogen-bond donors (Lipinski definition) is 0. The summed E-state index contributed by atoms with van der Waals surface area (Å²) in [5.74, 6) is 1.35. The second-order valence-electron chi connectivity index (χ2n) is 2.55. The summed E-state index contributed by atoms with van der Waals surface area (Å²) in [6, 6.07) is 0.363. The van der Waals surface area contributed by atoms with E-state index < -0.39 is 0 Å². The van der Waals surface area contributed by atoms with Crippen LogP contribution in [0.1, 0.15) is 24.6 Å². The van der Waals surface area contributed by atoms with Gasteiger partial charge in [0.05, 0.1) is 7.11 Å². The minimum atomic E-state index is 0.363. The standard InChI is InChI=1S/C7H8N3O/c1-11-7-9-4-8-6(10-7)5-2-3-5/h5H,2-3H2,1H3. The molecule has 0 N–H and O–H groups in total. The molecule has 4 nitrogen and oxygen atoms in total. The summed E-state index contributed by atoms with van der Waals surface area (Å²) in [6.07, 6.45) is 4.88. The Balaban J connectivity index is 2.26. The van der Waals surface area contributed by atoms with Crippen LogP contribution in [0, 0.1) is 6.33 Å². The number of ether oxygens (including phenoxy) is 1. The smallest absolute Gasteiger partial charge is 0.320 e. The summed E-state index contributed by atoms with van der Waals surface area (Å²) < 4.78 is 4.84. The molecule has 0 bridgehead atoms. The summed E-state index contributed by atoms with van der Waals surface area (Å²) in [5, 5.41) is 0. The fourth-order valence-electron chi connectivity index (χ4n) is 0.882. The third-order valence-electron chi connectivity index (χ3n) is 1.65. The fourth-order valence-corrected chi connectivity index (χ4v) is 0.882. The molecule has 1 saturated carbocycles. The lowest BCUT2D eigenvalue weighted by molar-refractivity contribution is 0.375. The maximum atomic E-state index is 4.84. The first-order valence-electron chi connectivity index (χ1n) is 3.56. The van der Waals surface area contributed by atoms with Gasteiger partial charge in [0.15, 0.2) is 0 Å². The van der Waals surface area contributed by atoms with Crippen LogP contribution in [0.25, 0.3) is 0 Å². The summed E-state index contributed by atoms with van der Waals surface area (Å²) >= 11 is 0. The molecule has 1 aliphatic rings. The minimum Gasteiger partial charge on any atom is -0.467 e. The van der Waals surface area contributed by atoms with E-state index in [4.69, 9.17) is 4.74 Å². The third-order valence-corrected chi connectivity index (χ3v) is 1.65. The molecule has 1 fully saturated rings. The predicted molar refractivity (Wildman–Crippen MR) is 37.2 cm³/mol. The molecular formula is C7H8N3O. The van der Waals surface area contributed by atoms with Crippen LogP contribution in [0.5, 0.6) is 6.01 Å². The molecule has 2 rings (SSSR count). The van der Waals surface area contributed by atoms with Crippen LogP contribution in [0.3, 0.4) is 0 Å². The van der Waals surface area contributed by atoms with Gasteiger partial charge >= 0.3 is 6.01 Å². The van der Waals surface area contributed by atoms with Crippen LogP contribution in [0.2, 0.25) is 0 Å². The highest BCUT2D eigenvalue weighted by Crippen LogP contribution is 2.37. The highest BCUT2D eigenvalue weighted by Gasteiger charge is 2.26. The molecule has 57 valence electrons. The van der Waals surface area contributed by atoms with Gasteiger partial charge in [-0.3, -0.25) is 0 Å². The van der Waals surface area contributed by atoms with E-state index in [0.29, 0.717) is 11.9 Å². The van der Waals surface area contributed by atoms with Crippen molar-refractivity contribution in [2.45, 2.75) is 18.8 Å². The monoisotopic (exact) mass is 150 g/mol. The molecule has 1 aliphatic carbocycles. The van der Waals surface area contributed by atoms with Gasteiger partial charge in [-0.25, -0.2) is 4.98 Å². The molecule has 1 aromatic rings. The average molecular weight is 150 g/mol. The molecule has 0 unspecified atom stereocenters. The molecule has 1 aromatic heterocycles. The molecule has 4 heteroatoms. The second-order valence-corrected chi connectivity index (χ2v) is 2.55. The van der Waals surface area contributed by atoms with E-state index in [-0.39, 0.29) is 0 Å². The van der Waals surface area contributed by atoms with Crippen LogP contribution in [-0.2, 0) is 0 Å². The van der Waals surface area contributed by atoms with Crippen molar-refractivity contribution in [3.8, 4) is 6.01 Å². The van der Waals surface area contributed by atoms with Gasteiger partial charge in [-0.1, -0.05) is 0 Å². The topological polar surface area (TPSA) is 47.9 Å². The van der Waals surface area contributed by atoms with Crippen molar-refractivity contribution in [1.29, 1.82) is 0 Å². The Morgan fingerprint density at radius 1 is 1.45 bits per heavy atom. The number of nitrogens with zero attached hydrogens (tertiary/aromatic N) is 3. The van der Waals surface area contributed by atoms with Gasteiger partial charge in [0.2, 0.25) is 6.33 Å². The normalized spacial score (nSPS) is 16.5. The Hall–Kier alpha value is -1.19. The molecule has 0 aromatic carbocycles. The Labute approximate surface area is 64.7 Å². The summed E-state index contributed by atoms with van der Waals surface area (Å²) in [5.41, 5.74) is 0. The summed E-state index contributed by atoms with van der Waals surface area (Å²) in [4.78, 5) is 11.7. The van der Waals surface area contributed by atoms with Crippen molar-refractivity contribution in [1.82, 2.24) is 15.0 Å². The van der Waals surface area contributed by atoms with Gasteiger partial charge in [0.1, 0.15) is 5.82 Å². The SMILES string of the molecule is COc1n[c]nc(C2CC2)n1. The zero-order chi connectivity index (χ0) is 7.68. The lowest BCUT2D eigenvalue weighted by Crippen LogP contribution is -1.98. The molecular weight excluding hydrogens is 142 g/mol. The molecule has 0 saturated heterocycles. The van der Waals surface area contributed by atoms with E-state index in [0.717, 1.165) is 5.82 Å². The molecule has 1 radical (unpaired) electrons. The van der Waals surface area contributed by atoms with Crippen LogP contribution < -0.4 is 4.74 Å². The van der Waals surface area contributed by atoms with Crippen molar-refractivity contribution in [2.24, 2.45) is 0 Å². The van der Waals surface area contributed by atoms with Crippen molar-refractivity contribution in [3.63, 3.8) is 0 Å². The van der Waals surface area contributed by atoms with E-state index in [9.17, 15) is 0 Å². The quantitative estimate of drug-likeness (QED) is 0.618. The van der Waals surface area contributed by atoms with Gasteiger partial charge in [-0.15, -0.1) is 0 Å². The van der Waals surface area contributed by atoms with Crippen molar-refractivity contribution in [2.75, 3.05) is 7.11 Å². The number of methoxy groups -OCH3 is 1. The molecule has 1 heterocycles. The van der Waals surface area contributed by atoms with Crippen LogP contribution in [0.4, 0.5) is 0 Å². The number of hydrogen-bond acceptors (Lipinski definition) is 4. The van der Waals surface area contributed by atoms with Gasteiger partial charge in [-0.05, 0) is 12.8 Å². The molecule has 0 spiro atoms. The van der Waals surface area contributed by atoms with Crippen molar-refractivity contribution < 1.29 is 4.74 Å². The van der Waals surface area contributed by atoms with Crippen LogP contribution >= 0.6 is 0 Å². The minimum absolute atomic E-state index is 0.363. The van der Waals surface area contributed by atoms with Crippen molar-refractivity contribution >= 4 is 0 Å². The highest BCUT2D eigenvalue weighted by molar-refractivity contribution is 5.06. The fraction of sp³-hybridized carbons (Fsp3) is 0.571. The van der Waals surface area contributed by atoms with Crippen LogP contribution in [-0.4, -0.2) is 22.1 Å². The first kappa shape index (κ1) is 6.52. The lowest BCUT2D eigenvalue weighted by atomic mass is 10.4. The van der Waals surface area contributed by atoms with E-state index >= 15 is 0 Å². The summed E-state index contributed by atoms with van der Waals surface area (Å²) in [7, 11) is 1.54. The largest absolute Gasteiger partial charge is 0.467 e. The summed E-state index contributed by atoms with van der Waals surface area (Å²) in [6.45, 7) is 0. The van der Waals surface area contributed by atoms with Gasteiger partial charge in [0, 0.05) is 5.92 Å². The second kappa shape index (κ2) is 2.45. The zero-order valence-corrected chi connectivity index (χ0v) is 6.24. The predicted octanol–water partition coefficient (Wildman–Crippen LogP) is 0.558. The zero-order valence-electron chi connectivity index (χ0n) is 6.24. The Morgan fingerprint density at radius 2 is 2.27 bits per heavy atom. The highest BCUT2D eigenvalue weighted by atomic mass is 16.5. The Morgan fingerprint density at radius 3 is 2.91 bits per heavy atom. The lowest BCUT2D eigenvalue weighted by Gasteiger charge is -1.97. The number of rotatable bonds is 2. The van der Waals surface area contributed by atoms with Gasteiger partial charge in [-0.2, -0.15) is 9.97 Å². The molecule has 11 heavy (non-hydrogen) atoms. The number of aromatic nitrogens is 3. The maximum Gasteiger partial charge on any atom is 0.320 e. The van der Waals surface area contributed by atoms with Gasteiger partial charge in [0.25, 0.3) is 0 Å². The van der Waals surface area contributed by atoms with Crippen molar-refractivity contribution in [3.05, 3.63) is 12.2 Å². The third kappa shape index (κ3) is 1.29.